The summed E-state index contributed by atoms with van der Waals surface area (Å²) in [4.78, 5) is 0.238. The van der Waals surface area contributed by atoms with Crippen LogP contribution >= 0.6 is 0 Å². The van der Waals surface area contributed by atoms with Crippen molar-refractivity contribution in [2.45, 2.75) is 24.8 Å². The van der Waals surface area contributed by atoms with Crippen molar-refractivity contribution >= 4 is 15.7 Å². The molecule has 0 saturated heterocycles. The van der Waals surface area contributed by atoms with E-state index in [1.54, 1.807) is 36.5 Å². The summed E-state index contributed by atoms with van der Waals surface area (Å²) < 4.78 is 27.1. The first-order valence-electron chi connectivity index (χ1n) is 6.72. The molecule has 0 aliphatic rings. The molecule has 0 aliphatic heterocycles. The number of nitrogens with one attached hydrogen (secondary N) is 2. The molecule has 21 heavy (non-hydrogen) atoms. The van der Waals surface area contributed by atoms with Gasteiger partial charge in [0.05, 0.1) is 17.9 Å². The number of nitrogens with zero attached hydrogens (tertiary/aromatic N) is 2. The maximum Gasteiger partial charge on any atom is 0.242 e. The molecule has 2 aromatic rings. The molecular formula is C14H18N4O2S. The van der Waals surface area contributed by atoms with Gasteiger partial charge in [0, 0.05) is 12.7 Å². The average Bonchev–Trinajstić information content (AvgIpc) is 2.52. The third-order valence-electron chi connectivity index (χ3n) is 2.81. The maximum absolute atomic E-state index is 12.2. The van der Waals surface area contributed by atoms with Crippen LogP contribution in [-0.4, -0.2) is 25.2 Å². The molecule has 112 valence electrons. The van der Waals surface area contributed by atoms with Crippen LogP contribution in [0.1, 0.15) is 19.0 Å². The summed E-state index contributed by atoms with van der Waals surface area (Å²) in [7, 11) is -3.51. The van der Waals surface area contributed by atoms with E-state index < -0.39 is 10.0 Å². The van der Waals surface area contributed by atoms with Gasteiger partial charge in [-0.1, -0.05) is 19.1 Å². The van der Waals surface area contributed by atoms with E-state index in [1.165, 1.54) is 0 Å². The van der Waals surface area contributed by atoms with Gasteiger partial charge in [-0.25, -0.2) is 13.1 Å². The number of para-hydroxylation sites is 1. The number of sulfonamides is 1. The molecule has 0 spiro atoms. The SMILES string of the molecule is CCCNS(=O)(=O)c1ccccc1NCc1cccnn1. The van der Waals surface area contributed by atoms with E-state index in [2.05, 4.69) is 20.2 Å². The van der Waals surface area contributed by atoms with Crippen molar-refractivity contribution in [2.24, 2.45) is 0 Å². The lowest BCUT2D eigenvalue weighted by molar-refractivity contribution is 0.581. The van der Waals surface area contributed by atoms with Crippen LogP contribution in [0.3, 0.4) is 0 Å². The van der Waals surface area contributed by atoms with Crippen molar-refractivity contribution in [3.8, 4) is 0 Å². The van der Waals surface area contributed by atoms with Crippen molar-refractivity contribution in [1.82, 2.24) is 14.9 Å². The minimum absolute atomic E-state index is 0.238. The van der Waals surface area contributed by atoms with Crippen LogP contribution in [0.15, 0.2) is 47.5 Å². The lowest BCUT2D eigenvalue weighted by Crippen LogP contribution is -2.25. The second kappa shape index (κ2) is 7.14. The highest BCUT2D eigenvalue weighted by Crippen LogP contribution is 2.21. The smallest absolute Gasteiger partial charge is 0.242 e. The van der Waals surface area contributed by atoms with E-state index in [1.807, 2.05) is 13.0 Å². The third-order valence-corrected chi connectivity index (χ3v) is 4.33. The molecule has 0 saturated carbocycles. The van der Waals surface area contributed by atoms with Gasteiger partial charge in [-0.05, 0) is 30.7 Å². The van der Waals surface area contributed by atoms with Gasteiger partial charge in [0.25, 0.3) is 0 Å². The van der Waals surface area contributed by atoms with Crippen LogP contribution in [0.5, 0.6) is 0 Å². The molecule has 2 rings (SSSR count). The Morgan fingerprint density at radius 2 is 1.95 bits per heavy atom. The minimum Gasteiger partial charge on any atom is -0.378 e. The Bertz CT molecular complexity index is 674. The summed E-state index contributed by atoms with van der Waals surface area (Å²) in [5, 5.41) is 10.8. The third kappa shape index (κ3) is 4.24. The van der Waals surface area contributed by atoms with Gasteiger partial charge < -0.3 is 5.32 Å². The molecule has 0 radical (unpaired) electrons. The summed E-state index contributed by atoms with van der Waals surface area (Å²) in [6.45, 7) is 2.75. The Labute approximate surface area is 124 Å². The Morgan fingerprint density at radius 1 is 1.14 bits per heavy atom. The van der Waals surface area contributed by atoms with Gasteiger partial charge in [0.1, 0.15) is 4.90 Å². The number of benzene rings is 1. The van der Waals surface area contributed by atoms with Gasteiger partial charge in [0.2, 0.25) is 10.0 Å². The predicted octanol–water partition coefficient (Wildman–Crippen LogP) is 1.78. The Balaban J connectivity index is 2.17. The number of rotatable bonds is 7. The normalized spacial score (nSPS) is 11.3. The Hall–Kier alpha value is -1.99. The molecule has 0 atom stereocenters. The van der Waals surface area contributed by atoms with E-state index in [-0.39, 0.29) is 4.90 Å². The van der Waals surface area contributed by atoms with Gasteiger partial charge >= 0.3 is 0 Å². The lowest BCUT2D eigenvalue weighted by Gasteiger charge is -2.12. The number of anilines is 1. The number of aromatic nitrogens is 2. The predicted molar refractivity (Wildman–Crippen MR) is 81.3 cm³/mol. The second-order valence-electron chi connectivity index (χ2n) is 4.46. The number of hydrogen-bond acceptors (Lipinski definition) is 5. The average molecular weight is 306 g/mol. The van der Waals surface area contributed by atoms with Gasteiger partial charge in [-0.2, -0.15) is 10.2 Å². The Kier molecular flexibility index (Phi) is 5.24. The first kappa shape index (κ1) is 15.4. The van der Waals surface area contributed by atoms with Crippen LogP contribution in [0.2, 0.25) is 0 Å². The fourth-order valence-electron chi connectivity index (χ4n) is 1.77. The first-order valence-corrected chi connectivity index (χ1v) is 8.21. The van der Waals surface area contributed by atoms with Crippen molar-refractivity contribution in [2.75, 3.05) is 11.9 Å². The molecule has 7 heteroatoms. The first-order chi connectivity index (χ1) is 10.1. The molecule has 0 amide bonds. The largest absolute Gasteiger partial charge is 0.378 e. The monoisotopic (exact) mass is 306 g/mol. The minimum atomic E-state index is -3.51. The highest BCUT2D eigenvalue weighted by atomic mass is 32.2. The molecule has 1 heterocycles. The van der Waals surface area contributed by atoms with Gasteiger partial charge in [0.15, 0.2) is 0 Å². The van der Waals surface area contributed by atoms with Crippen molar-refractivity contribution in [1.29, 1.82) is 0 Å². The van der Waals surface area contributed by atoms with Crippen molar-refractivity contribution in [3.63, 3.8) is 0 Å². The molecule has 2 N–H and O–H groups in total. The molecular weight excluding hydrogens is 288 g/mol. The van der Waals surface area contributed by atoms with Crippen LogP contribution < -0.4 is 10.0 Å². The van der Waals surface area contributed by atoms with Crippen LogP contribution in [0.25, 0.3) is 0 Å². The zero-order valence-electron chi connectivity index (χ0n) is 11.8. The van der Waals surface area contributed by atoms with E-state index in [0.29, 0.717) is 18.8 Å². The van der Waals surface area contributed by atoms with E-state index in [9.17, 15) is 8.42 Å². The topological polar surface area (TPSA) is 84.0 Å². The standard InChI is InChI=1S/C14H18N4O2S/c1-2-9-17-21(19,20)14-8-4-3-7-13(14)15-11-12-6-5-10-16-18-12/h3-8,10,15,17H,2,9,11H2,1H3. The quantitative estimate of drug-likeness (QED) is 0.814. The molecule has 1 aromatic heterocycles. The van der Waals surface area contributed by atoms with Crippen molar-refractivity contribution < 1.29 is 8.42 Å². The fraction of sp³-hybridized carbons (Fsp3) is 0.286. The van der Waals surface area contributed by atoms with Crippen LogP contribution in [0.4, 0.5) is 5.69 Å². The molecule has 0 bridgehead atoms. The molecule has 0 unspecified atom stereocenters. The van der Waals surface area contributed by atoms with E-state index >= 15 is 0 Å². The maximum atomic E-state index is 12.2. The zero-order valence-corrected chi connectivity index (χ0v) is 12.6. The summed E-state index contributed by atoms with van der Waals surface area (Å²) in [6, 6.07) is 10.4. The zero-order chi connectivity index (χ0) is 15.1. The summed E-state index contributed by atoms with van der Waals surface area (Å²) in [6.07, 6.45) is 2.34. The number of hydrogen-bond donors (Lipinski definition) is 2. The van der Waals surface area contributed by atoms with Gasteiger partial charge in [-0.15, -0.1) is 0 Å². The van der Waals surface area contributed by atoms with Crippen molar-refractivity contribution in [3.05, 3.63) is 48.3 Å². The van der Waals surface area contributed by atoms with Crippen LogP contribution in [0, 0.1) is 0 Å². The van der Waals surface area contributed by atoms with E-state index in [0.717, 1.165) is 12.1 Å². The fourth-order valence-corrected chi connectivity index (χ4v) is 3.09. The van der Waals surface area contributed by atoms with Crippen LogP contribution in [-0.2, 0) is 16.6 Å². The Morgan fingerprint density at radius 3 is 2.67 bits per heavy atom. The molecule has 6 nitrogen and oxygen atoms in total. The molecule has 1 aromatic carbocycles. The van der Waals surface area contributed by atoms with Gasteiger partial charge in [-0.3, -0.25) is 0 Å². The van der Waals surface area contributed by atoms with E-state index in [4.69, 9.17) is 0 Å². The lowest BCUT2D eigenvalue weighted by atomic mass is 10.3. The second-order valence-corrected chi connectivity index (χ2v) is 6.20. The summed E-state index contributed by atoms with van der Waals surface area (Å²) >= 11 is 0. The highest BCUT2D eigenvalue weighted by Gasteiger charge is 2.17. The molecule has 0 fully saturated rings. The molecule has 0 aliphatic carbocycles. The summed E-state index contributed by atoms with van der Waals surface area (Å²) in [5.74, 6) is 0. The summed E-state index contributed by atoms with van der Waals surface area (Å²) in [5.41, 5.74) is 1.29. The highest BCUT2D eigenvalue weighted by molar-refractivity contribution is 7.89.